The van der Waals surface area contributed by atoms with Crippen molar-refractivity contribution in [1.82, 2.24) is 0 Å². The van der Waals surface area contributed by atoms with Crippen LogP contribution in [0.2, 0.25) is 0 Å². The van der Waals surface area contributed by atoms with Crippen LogP contribution in [-0.2, 0) is 16.6 Å². The van der Waals surface area contributed by atoms with Gasteiger partial charge in [-0.05, 0) is 48.4 Å². The van der Waals surface area contributed by atoms with Gasteiger partial charge in [0, 0.05) is 5.69 Å². The Morgan fingerprint density at radius 1 is 0.840 bits per heavy atom. The normalized spacial score (nSPS) is 11.1. The second kappa shape index (κ2) is 7.40. The van der Waals surface area contributed by atoms with E-state index in [9.17, 15) is 8.42 Å². The van der Waals surface area contributed by atoms with E-state index in [4.69, 9.17) is 4.74 Å². The maximum Gasteiger partial charge on any atom is 0.262 e. The Morgan fingerprint density at radius 3 is 2.16 bits per heavy atom. The molecule has 0 aromatic heterocycles. The molecule has 3 aromatic rings. The molecule has 0 radical (unpaired) electrons. The first-order valence-corrected chi connectivity index (χ1v) is 9.38. The molecule has 0 aliphatic heterocycles. The molecule has 0 amide bonds. The Bertz CT molecular complexity index is 936. The smallest absolute Gasteiger partial charge is 0.262 e. The standard InChI is InChI=1S/C20H19NO3S/c1-16-7-5-6-10-20(16)25(22,23)21-18-11-13-19(14-12-18)24-15-17-8-3-2-4-9-17/h2-14,21H,15H2,1H3. The van der Waals surface area contributed by atoms with Gasteiger partial charge in [0.2, 0.25) is 0 Å². The fourth-order valence-electron chi connectivity index (χ4n) is 2.43. The lowest BCUT2D eigenvalue weighted by atomic mass is 10.2. The number of sulfonamides is 1. The van der Waals surface area contributed by atoms with Crippen molar-refractivity contribution < 1.29 is 13.2 Å². The number of rotatable bonds is 6. The third-order valence-corrected chi connectivity index (χ3v) is 5.28. The number of benzene rings is 3. The van der Waals surface area contributed by atoms with Crippen molar-refractivity contribution in [3.8, 4) is 5.75 Å². The highest BCUT2D eigenvalue weighted by atomic mass is 32.2. The van der Waals surface area contributed by atoms with Crippen molar-refractivity contribution in [2.45, 2.75) is 18.4 Å². The van der Waals surface area contributed by atoms with Gasteiger partial charge >= 0.3 is 0 Å². The molecule has 5 heteroatoms. The van der Waals surface area contributed by atoms with Gasteiger partial charge in [0.05, 0.1) is 4.90 Å². The predicted octanol–water partition coefficient (Wildman–Crippen LogP) is 4.37. The summed E-state index contributed by atoms with van der Waals surface area (Å²) in [5.74, 6) is 0.683. The van der Waals surface area contributed by atoms with Crippen LogP contribution in [0.5, 0.6) is 5.75 Å². The summed E-state index contributed by atoms with van der Waals surface area (Å²) in [5, 5.41) is 0. The molecule has 0 unspecified atom stereocenters. The van der Waals surface area contributed by atoms with Gasteiger partial charge in [0.25, 0.3) is 10.0 Å². The monoisotopic (exact) mass is 353 g/mol. The van der Waals surface area contributed by atoms with Crippen LogP contribution in [-0.4, -0.2) is 8.42 Å². The van der Waals surface area contributed by atoms with E-state index in [1.165, 1.54) is 0 Å². The molecule has 0 saturated heterocycles. The van der Waals surface area contributed by atoms with E-state index in [1.807, 2.05) is 36.4 Å². The van der Waals surface area contributed by atoms with Gasteiger partial charge < -0.3 is 4.74 Å². The van der Waals surface area contributed by atoms with Crippen molar-refractivity contribution in [3.05, 3.63) is 90.0 Å². The lowest BCUT2D eigenvalue weighted by Gasteiger charge is -2.11. The van der Waals surface area contributed by atoms with Gasteiger partial charge in [-0.15, -0.1) is 0 Å². The van der Waals surface area contributed by atoms with E-state index in [0.29, 0.717) is 23.6 Å². The zero-order chi connectivity index (χ0) is 17.7. The number of hydrogen-bond acceptors (Lipinski definition) is 3. The highest BCUT2D eigenvalue weighted by molar-refractivity contribution is 7.92. The van der Waals surface area contributed by atoms with Gasteiger partial charge in [-0.1, -0.05) is 48.5 Å². The van der Waals surface area contributed by atoms with Gasteiger partial charge in [0.15, 0.2) is 0 Å². The van der Waals surface area contributed by atoms with E-state index < -0.39 is 10.0 Å². The molecule has 3 rings (SSSR count). The molecule has 1 N–H and O–H groups in total. The minimum atomic E-state index is -3.60. The van der Waals surface area contributed by atoms with Crippen LogP contribution in [0.1, 0.15) is 11.1 Å². The lowest BCUT2D eigenvalue weighted by molar-refractivity contribution is 0.306. The second-order valence-corrected chi connectivity index (χ2v) is 7.32. The molecular formula is C20H19NO3S. The van der Waals surface area contributed by atoms with Crippen LogP contribution in [0.25, 0.3) is 0 Å². The SMILES string of the molecule is Cc1ccccc1S(=O)(=O)Nc1ccc(OCc2ccccc2)cc1. The maximum atomic E-state index is 12.5. The van der Waals surface area contributed by atoms with Gasteiger partial charge in [-0.2, -0.15) is 0 Å². The largest absolute Gasteiger partial charge is 0.489 e. The summed E-state index contributed by atoms with van der Waals surface area (Å²) in [5.41, 5.74) is 2.28. The quantitative estimate of drug-likeness (QED) is 0.716. The van der Waals surface area contributed by atoms with E-state index in [0.717, 1.165) is 5.56 Å². The Morgan fingerprint density at radius 2 is 1.48 bits per heavy atom. The Hall–Kier alpha value is -2.79. The van der Waals surface area contributed by atoms with Crippen LogP contribution < -0.4 is 9.46 Å². The number of anilines is 1. The molecule has 0 aliphatic carbocycles. The molecule has 128 valence electrons. The fraction of sp³-hybridized carbons (Fsp3) is 0.100. The maximum absolute atomic E-state index is 12.5. The zero-order valence-corrected chi connectivity index (χ0v) is 14.7. The van der Waals surface area contributed by atoms with Crippen molar-refractivity contribution in [1.29, 1.82) is 0 Å². The number of nitrogens with one attached hydrogen (secondary N) is 1. The van der Waals surface area contributed by atoms with E-state index in [1.54, 1.807) is 49.4 Å². The molecule has 0 heterocycles. The predicted molar refractivity (Wildman–Crippen MR) is 99.2 cm³/mol. The van der Waals surface area contributed by atoms with Crippen LogP contribution in [0, 0.1) is 6.92 Å². The third-order valence-electron chi connectivity index (χ3n) is 3.74. The van der Waals surface area contributed by atoms with Crippen LogP contribution in [0.15, 0.2) is 83.8 Å². The van der Waals surface area contributed by atoms with E-state index in [-0.39, 0.29) is 4.90 Å². The first kappa shape index (κ1) is 17.0. The summed E-state index contributed by atoms with van der Waals surface area (Å²) >= 11 is 0. The summed E-state index contributed by atoms with van der Waals surface area (Å²) in [6.07, 6.45) is 0. The summed E-state index contributed by atoms with van der Waals surface area (Å²) in [7, 11) is -3.60. The van der Waals surface area contributed by atoms with Crippen molar-refractivity contribution in [2.24, 2.45) is 0 Å². The highest BCUT2D eigenvalue weighted by Crippen LogP contribution is 2.21. The molecule has 3 aromatic carbocycles. The Labute approximate surface area is 148 Å². The van der Waals surface area contributed by atoms with E-state index >= 15 is 0 Å². The van der Waals surface area contributed by atoms with Crippen molar-refractivity contribution in [2.75, 3.05) is 4.72 Å². The van der Waals surface area contributed by atoms with Crippen molar-refractivity contribution >= 4 is 15.7 Å². The molecular weight excluding hydrogens is 334 g/mol. The van der Waals surface area contributed by atoms with Crippen LogP contribution >= 0.6 is 0 Å². The number of hydrogen-bond donors (Lipinski definition) is 1. The van der Waals surface area contributed by atoms with Gasteiger partial charge in [-0.25, -0.2) is 8.42 Å². The molecule has 0 spiro atoms. The Balaban J connectivity index is 1.67. The first-order chi connectivity index (χ1) is 12.0. The lowest BCUT2D eigenvalue weighted by Crippen LogP contribution is -2.14. The highest BCUT2D eigenvalue weighted by Gasteiger charge is 2.16. The average molecular weight is 353 g/mol. The fourth-order valence-corrected chi connectivity index (χ4v) is 3.73. The molecule has 4 nitrogen and oxygen atoms in total. The second-order valence-electron chi connectivity index (χ2n) is 5.67. The topological polar surface area (TPSA) is 55.4 Å². The molecule has 0 aliphatic rings. The average Bonchev–Trinajstić information content (AvgIpc) is 2.62. The van der Waals surface area contributed by atoms with E-state index in [2.05, 4.69) is 4.72 Å². The number of aryl methyl sites for hydroxylation is 1. The molecule has 25 heavy (non-hydrogen) atoms. The van der Waals surface area contributed by atoms with Crippen LogP contribution in [0.4, 0.5) is 5.69 Å². The number of ether oxygens (including phenoxy) is 1. The third kappa shape index (κ3) is 4.39. The molecule has 0 bridgehead atoms. The molecule has 0 fully saturated rings. The van der Waals surface area contributed by atoms with Crippen molar-refractivity contribution in [3.63, 3.8) is 0 Å². The van der Waals surface area contributed by atoms with Crippen LogP contribution in [0.3, 0.4) is 0 Å². The minimum Gasteiger partial charge on any atom is -0.489 e. The molecule has 0 saturated carbocycles. The summed E-state index contributed by atoms with van der Waals surface area (Å²) in [4.78, 5) is 0.277. The van der Waals surface area contributed by atoms with Gasteiger partial charge in [0.1, 0.15) is 12.4 Å². The first-order valence-electron chi connectivity index (χ1n) is 7.90. The minimum absolute atomic E-state index is 0.277. The Kier molecular flexibility index (Phi) is 5.05. The summed E-state index contributed by atoms with van der Waals surface area (Å²) < 4.78 is 33.2. The zero-order valence-electron chi connectivity index (χ0n) is 13.8. The summed E-state index contributed by atoms with van der Waals surface area (Å²) in [6.45, 7) is 2.24. The summed E-state index contributed by atoms with van der Waals surface area (Å²) in [6, 6.07) is 23.6. The van der Waals surface area contributed by atoms with Gasteiger partial charge in [-0.3, -0.25) is 4.72 Å². The molecule has 0 atom stereocenters.